The predicted octanol–water partition coefficient (Wildman–Crippen LogP) is 7.56. The molecule has 0 heterocycles. The maximum absolute atomic E-state index is 15.2. The Labute approximate surface area is 244 Å². The quantitative estimate of drug-likeness (QED) is 0.164. The Bertz CT molecular complexity index is 1300. The van der Waals surface area contributed by atoms with Gasteiger partial charge in [0, 0.05) is 12.3 Å². The molecule has 1 aromatic rings. The van der Waals surface area contributed by atoms with Gasteiger partial charge < -0.3 is 10.2 Å². The van der Waals surface area contributed by atoms with Crippen LogP contribution in [0.15, 0.2) is 65.0 Å². The molecule has 0 aromatic heterocycles. The Balaban J connectivity index is 2.54. The zero-order valence-corrected chi connectivity index (χ0v) is 25.8. The number of rotatable bonds is 11. The first kappa shape index (κ1) is 32.2. The van der Waals surface area contributed by atoms with E-state index in [0.29, 0.717) is 12.0 Å². The number of fused-ring (bicyclic) bond motifs is 2. The van der Waals surface area contributed by atoms with Crippen molar-refractivity contribution < 1.29 is 29.4 Å². The summed E-state index contributed by atoms with van der Waals surface area (Å²) in [5.74, 6) is -4.66. The molecule has 6 heteroatoms. The molecule has 1 saturated carbocycles. The Morgan fingerprint density at radius 3 is 2.07 bits per heavy atom. The first-order chi connectivity index (χ1) is 19.0. The summed E-state index contributed by atoms with van der Waals surface area (Å²) >= 11 is 0. The molecule has 3 rings (SSSR count). The van der Waals surface area contributed by atoms with Gasteiger partial charge in [0.25, 0.3) is 0 Å². The first-order valence-corrected chi connectivity index (χ1v) is 14.6. The molecule has 4 atom stereocenters. The molecule has 2 bridgehead atoms. The normalized spacial score (nSPS) is 26.0. The summed E-state index contributed by atoms with van der Waals surface area (Å²) < 4.78 is 0. The SMILES string of the molecule is CC(C)=CC[C@@H]1C[C@@]2(CC=C(C)C)C(=O)[C@]([C@@H](CC(=O)O)c3ccccc3)(C(=O)C(C(=O)CC(C)C)=C2O)C1(C)C. The largest absolute Gasteiger partial charge is 0.510 e. The van der Waals surface area contributed by atoms with Gasteiger partial charge in [-0.15, -0.1) is 0 Å². The average molecular weight is 563 g/mol. The van der Waals surface area contributed by atoms with Gasteiger partial charge in [-0.1, -0.05) is 81.3 Å². The predicted molar refractivity (Wildman–Crippen MR) is 160 cm³/mol. The monoisotopic (exact) mass is 562 g/mol. The van der Waals surface area contributed by atoms with Crippen molar-refractivity contribution >= 4 is 23.3 Å². The summed E-state index contributed by atoms with van der Waals surface area (Å²) in [6.45, 7) is 15.2. The van der Waals surface area contributed by atoms with Gasteiger partial charge in [-0.2, -0.15) is 0 Å². The van der Waals surface area contributed by atoms with Crippen molar-refractivity contribution in [2.75, 3.05) is 0 Å². The summed E-state index contributed by atoms with van der Waals surface area (Å²) in [6, 6.07) is 8.84. The van der Waals surface area contributed by atoms with E-state index in [1.54, 1.807) is 30.3 Å². The number of Topliss-reactive ketones (excluding diaryl/α,β-unsaturated/α-hetero) is 3. The molecule has 0 radical (unpaired) electrons. The number of benzene rings is 1. The minimum absolute atomic E-state index is 0.0324. The van der Waals surface area contributed by atoms with Crippen LogP contribution in [-0.4, -0.2) is 33.5 Å². The van der Waals surface area contributed by atoms with Gasteiger partial charge in [0.2, 0.25) is 0 Å². The number of carbonyl (C=O) groups is 4. The van der Waals surface area contributed by atoms with Crippen LogP contribution in [0.25, 0.3) is 0 Å². The summed E-state index contributed by atoms with van der Waals surface area (Å²) in [5.41, 5.74) is -2.18. The van der Waals surface area contributed by atoms with Crippen molar-refractivity contribution in [1.82, 2.24) is 0 Å². The van der Waals surface area contributed by atoms with Crippen LogP contribution in [0.2, 0.25) is 0 Å². The van der Waals surface area contributed by atoms with Crippen molar-refractivity contribution in [3.05, 3.63) is 70.5 Å². The third-order valence-corrected chi connectivity index (χ3v) is 9.35. The van der Waals surface area contributed by atoms with E-state index in [1.165, 1.54) is 0 Å². The minimum Gasteiger partial charge on any atom is -0.510 e. The van der Waals surface area contributed by atoms with Crippen molar-refractivity contribution in [2.24, 2.45) is 28.1 Å². The highest BCUT2D eigenvalue weighted by Gasteiger charge is 2.75. The number of ketones is 3. The maximum atomic E-state index is 15.2. The van der Waals surface area contributed by atoms with Gasteiger partial charge in [-0.3, -0.25) is 19.2 Å². The molecule has 0 amide bonds. The number of carboxylic acids is 1. The van der Waals surface area contributed by atoms with Gasteiger partial charge >= 0.3 is 5.97 Å². The molecular weight excluding hydrogens is 516 g/mol. The Morgan fingerprint density at radius 2 is 1.56 bits per heavy atom. The second-order valence-corrected chi connectivity index (χ2v) is 13.5. The molecule has 2 aliphatic carbocycles. The molecule has 2 aliphatic rings. The van der Waals surface area contributed by atoms with Crippen LogP contribution in [-0.2, 0) is 19.2 Å². The zero-order valence-electron chi connectivity index (χ0n) is 25.8. The van der Waals surface area contributed by atoms with Crippen molar-refractivity contribution in [3.63, 3.8) is 0 Å². The van der Waals surface area contributed by atoms with Gasteiger partial charge in [-0.25, -0.2) is 0 Å². The summed E-state index contributed by atoms with van der Waals surface area (Å²) in [4.78, 5) is 56.4. The van der Waals surface area contributed by atoms with Crippen molar-refractivity contribution in [1.29, 1.82) is 0 Å². The van der Waals surface area contributed by atoms with E-state index in [0.717, 1.165) is 11.1 Å². The van der Waals surface area contributed by atoms with Crippen LogP contribution < -0.4 is 0 Å². The lowest BCUT2D eigenvalue weighted by Crippen LogP contribution is -2.69. The zero-order chi connectivity index (χ0) is 30.9. The second-order valence-electron chi connectivity index (χ2n) is 13.5. The number of hydrogen-bond acceptors (Lipinski definition) is 5. The lowest BCUT2D eigenvalue weighted by Gasteiger charge is -2.62. The smallest absolute Gasteiger partial charge is 0.304 e. The number of hydrogen-bond donors (Lipinski definition) is 2. The summed E-state index contributed by atoms with van der Waals surface area (Å²) in [7, 11) is 0. The van der Waals surface area contributed by atoms with Crippen LogP contribution in [0.4, 0.5) is 0 Å². The molecule has 222 valence electrons. The van der Waals surface area contributed by atoms with E-state index < -0.39 is 57.7 Å². The molecule has 0 unspecified atom stereocenters. The third-order valence-electron chi connectivity index (χ3n) is 9.35. The van der Waals surface area contributed by atoms with Gasteiger partial charge in [-0.05, 0) is 69.8 Å². The van der Waals surface area contributed by atoms with Gasteiger partial charge in [0.1, 0.15) is 16.7 Å². The Kier molecular flexibility index (Phi) is 9.36. The van der Waals surface area contributed by atoms with E-state index in [2.05, 4.69) is 6.08 Å². The Morgan fingerprint density at radius 1 is 0.976 bits per heavy atom. The standard InChI is InChI=1S/C35H46O6/c1-21(2)14-15-25-20-34(17-16-22(3)4)30(39)29(27(36)18-23(5)6)31(40)35(32(34)41,33(25,7)8)26(19-28(37)38)24-12-10-9-11-13-24/h9-14,16,23,25-26,39H,15,17-20H2,1-8H3,(H,37,38)/t25-,26+,34-,35+/m1/s1. The molecule has 6 nitrogen and oxygen atoms in total. The lowest BCUT2D eigenvalue weighted by atomic mass is 9.37. The molecule has 0 saturated heterocycles. The van der Waals surface area contributed by atoms with E-state index in [9.17, 15) is 24.6 Å². The summed E-state index contributed by atoms with van der Waals surface area (Å²) in [6.07, 6.45) is 4.44. The lowest BCUT2D eigenvalue weighted by molar-refractivity contribution is -0.176. The highest BCUT2D eigenvalue weighted by molar-refractivity contribution is 6.32. The van der Waals surface area contributed by atoms with Crippen LogP contribution >= 0.6 is 0 Å². The van der Waals surface area contributed by atoms with Gasteiger partial charge in [0.05, 0.1) is 11.8 Å². The fraction of sp³-hybridized carbons (Fsp3) is 0.543. The van der Waals surface area contributed by atoms with Crippen LogP contribution in [0.1, 0.15) is 99.0 Å². The average Bonchev–Trinajstić information content (AvgIpc) is 2.86. The first-order valence-electron chi connectivity index (χ1n) is 14.6. The fourth-order valence-corrected chi connectivity index (χ4v) is 7.19. The number of aliphatic hydroxyl groups is 1. The van der Waals surface area contributed by atoms with E-state index >= 15 is 4.79 Å². The van der Waals surface area contributed by atoms with E-state index in [-0.39, 0.29) is 36.7 Å². The number of aliphatic hydroxyl groups excluding tert-OH is 1. The molecular formula is C35H46O6. The molecule has 1 aromatic carbocycles. The molecule has 41 heavy (non-hydrogen) atoms. The number of carboxylic acid groups (broad SMARTS) is 1. The third kappa shape index (κ3) is 5.50. The van der Waals surface area contributed by atoms with E-state index in [1.807, 2.05) is 61.5 Å². The highest BCUT2D eigenvalue weighted by Crippen LogP contribution is 2.69. The molecule has 1 fully saturated rings. The van der Waals surface area contributed by atoms with Crippen LogP contribution in [0.3, 0.4) is 0 Å². The molecule has 0 aliphatic heterocycles. The minimum atomic E-state index is -1.88. The highest BCUT2D eigenvalue weighted by atomic mass is 16.4. The topological polar surface area (TPSA) is 109 Å². The molecule has 2 N–H and O–H groups in total. The number of allylic oxidation sites excluding steroid dienone is 6. The fourth-order valence-electron chi connectivity index (χ4n) is 7.19. The molecule has 0 spiro atoms. The summed E-state index contributed by atoms with van der Waals surface area (Å²) in [5, 5.41) is 22.1. The number of aliphatic carboxylic acids is 1. The van der Waals surface area contributed by atoms with Crippen molar-refractivity contribution in [2.45, 2.75) is 93.4 Å². The number of carbonyl (C=O) groups excluding carboxylic acids is 3. The van der Waals surface area contributed by atoms with Crippen LogP contribution in [0.5, 0.6) is 0 Å². The second kappa shape index (κ2) is 11.9. The van der Waals surface area contributed by atoms with E-state index in [4.69, 9.17) is 0 Å². The van der Waals surface area contributed by atoms with Gasteiger partial charge in [0.15, 0.2) is 17.3 Å². The van der Waals surface area contributed by atoms with Crippen molar-refractivity contribution in [3.8, 4) is 0 Å². The Hall–Kier alpha value is -3.28. The maximum Gasteiger partial charge on any atom is 0.304 e. The van der Waals surface area contributed by atoms with Crippen LogP contribution in [0, 0.1) is 28.1 Å².